The fraction of sp³-hybridized carbons (Fsp3) is 0.182. The summed E-state index contributed by atoms with van der Waals surface area (Å²) in [6, 6.07) is 54.2. The molecule has 3 nitrogen and oxygen atoms in total. The summed E-state index contributed by atoms with van der Waals surface area (Å²) in [5.41, 5.74) is 15.8. The number of hydrogen-bond acceptors (Lipinski definition) is 3. The minimum atomic E-state index is -0.0109. The highest BCUT2D eigenvalue weighted by molar-refractivity contribution is 7.00. The Kier molecular flexibility index (Phi) is 5.89. The van der Waals surface area contributed by atoms with Crippen LogP contribution in [0, 0.1) is 0 Å². The molecule has 1 aliphatic carbocycles. The van der Waals surface area contributed by atoms with Crippen LogP contribution in [0.5, 0.6) is 0 Å². The zero-order valence-corrected chi connectivity index (χ0v) is 27.6. The number of rotatable bonds is 3. The third kappa shape index (κ3) is 3.61. The van der Waals surface area contributed by atoms with Gasteiger partial charge in [-0.25, -0.2) is 0 Å². The van der Waals surface area contributed by atoms with Crippen molar-refractivity contribution in [2.45, 2.75) is 50.5 Å². The SMILES string of the molecule is CC12CCCCC1(C)N(c1ccccc1)c1cc3c(cc12)N(c1ccccc1)c1cccc2c1B3c1ccccc1N2c1ccccc1. The van der Waals surface area contributed by atoms with Crippen LogP contribution in [0.3, 0.4) is 0 Å². The first-order valence-corrected chi connectivity index (χ1v) is 17.5. The number of anilines is 8. The Labute approximate surface area is 284 Å². The number of fused-ring (bicyclic) bond motifs is 7. The van der Waals surface area contributed by atoms with Gasteiger partial charge in [-0.05, 0) is 108 Å². The van der Waals surface area contributed by atoms with Crippen molar-refractivity contribution in [1.82, 2.24) is 0 Å². The van der Waals surface area contributed by atoms with Gasteiger partial charge in [0.15, 0.2) is 0 Å². The third-order valence-electron chi connectivity index (χ3n) is 12.2. The first-order chi connectivity index (χ1) is 23.6. The summed E-state index contributed by atoms with van der Waals surface area (Å²) < 4.78 is 0. The Bertz CT molecular complexity index is 2200. The minimum absolute atomic E-state index is 0.0109. The molecule has 1 fully saturated rings. The highest BCUT2D eigenvalue weighted by Crippen LogP contribution is 2.61. The Morgan fingerprint density at radius 1 is 0.479 bits per heavy atom. The topological polar surface area (TPSA) is 9.72 Å². The van der Waals surface area contributed by atoms with Crippen LogP contribution in [-0.4, -0.2) is 12.3 Å². The molecule has 0 bridgehead atoms. The van der Waals surface area contributed by atoms with Gasteiger partial charge in [0.25, 0.3) is 6.71 Å². The lowest BCUT2D eigenvalue weighted by molar-refractivity contribution is 0.195. The van der Waals surface area contributed by atoms with Crippen molar-refractivity contribution >= 4 is 68.6 Å². The van der Waals surface area contributed by atoms with Gasteiger partial charge in [-0.1, -0.05) is 98.6 Å². The Morgan fingerprint density at radius 3 is 1.69 bits per heavy atom. The molecule has 4 aliphatic rings. The molecule has 3 aliphatic heterocycles. The highest BCUT2D eigenvalue weighted by atomic mass is 15.3. The van der Waals surface area contributed by atoms with E-state index >= 15 is 0 Å². The maximum Gasteiger partial charge on any atom is 0.252 e. The van der Waals surface area contributed by atoms with Crippen LogP contribution in [0.25, 0.3) is 0 Å². The van der Waals surface area contributed by atoms with Gasteiger partial charge in [-0.15, -0.1) is 0 Å². The fourth-order valence-corrected chi connectivity index (χ4v) is 9.80. The van der Waals surface area contributed by atoms with E-state index in [-0.39, 0.29) is 17.7 Å². The van der Waals surface area contributed by atoms with E-state index in [4.69, 9.17) is 0 Å². The summed E-state index contributed by atoms with van der Waals surface area (Å²) in [6.07, 6.45) is 4.91. The van der Waals surface area contributed by atoms with E-state index in [0.717, 1.165) is 0 Å². The van der Waals surface area contributed by atoms with E-state index in [9.17, 15) is 0 Å². The van der Waals surface area contributed by atoms with Gasteiger partial charge in [-0.3, -0.25) is 0 Å². The van der Waals surface area contributed by atoms with E-state index in [1.54, 1.807) is 0 Å². The molecule has 6 aromatic carbocycles. The quantitative estimate of drug-likeness (QED) is 0.183. The number of para-hydroxylation sites is 4. The molecule has 0 N–H and O–H groups in total. The molecule has 1 saturated carbocycles. The van der Waals surface area contributed by atoms with Crippen LogP contribution in [0.2, 0.25) is 0 Å². The molecule has 0 radical (unpaired) electrons. The van der Waals surface area contributed by atoms with E-state index in [1.807, 2.05) is 0 Å². The molecule has 10 rings (SSSR count). The lowest BCUT2D eigenvalue weighted by Gasteiger charge is -2.50. The summed E-state index contributed by atoms with van der Waals surface area (Å²) in [7, 11) is 0. The minimum Gasteiger partial charge on any atom is -0.334 e. The van der Waals surface area contributed by atoms with Crippen molar-refractivity contribution in [3.05, 3.63) is 151 Å². The van der Waals surface area contributed by atoms with Crippen molar-refractivity contribution in [3.63, 3.8) is 0 Å². The van der Waals surface area contributed by atoms with E-state index < -0.39 is 0 Å². The zero-order valence-electron chi connectivity index (χ0n) is 27.6. The molecule has 232 valence electrons. The fourth-order valence-electron chi connectivity index (χ4n) is 9.80. The molecule has 0 aromatic heterocycles. The first kappa shape index (κ1) is 27.9. The summed E-state index contributed by atoms with van der Waals surface area (Å²) >= 11 is 0. The Morgan fingerprint density at radius 2 is 1.02 bits per heavy atom. The molecule has 6 aromatic rings. The standard InChI is InChI=1S/C44H38BN3/c1-43-27-14-15-28-44(43,2)48(33-21-10-5-11-22-33)40-30-36-41(29-34(40)43)47(32-19-8-4-9-20-32)39-26-16-25-38-42(39)45(36)35-23-12-13-24-37(35)46(38)31-17-6-3-7-18-31/h3-13,16-26,29-30H,14-15,27-28H2,1-2H3. The van der Waals surface area contributed by atoms with E-state index in [1.165, 1.54) is 93.1 Å². The smallest absolute Gasteiger partial charge is 0.252 e. The summed E-state index contributed by atoms with van der Waals surface area (Å²) in [6.45, 7) is 5.19. The van der Waals surface area contributed by atoms with Crippen molar-refractivity contribution in [2.24, 2.45) is 0 Å². The normalized spacial score (nSPS) is 21.6. The molecule has 2 atom stereocenters. The first-order valence-electron chi connectivity index (χ1n) is 17.5. The largest absolute Gasteiger partial charge is 0.334 e. The Balaban J connectivity index is 1.30. The van der Waals surface area contributed by atoms with Gasteiger partial charge in [0, 0.05) is 50.9 Å². The van der Waals surface area contributed by atoms with Gasteiger partial charge >= 0.3 is 0 Å². The molecular formula is C44H38BN3. The maximum atomic E-state index is 2.72. The van der Waals surface area contributed by atoms with Crippen LogP contribution in [0.1, 0.15) is 45.1 Å². The lowest BCUT2D eigenvalue weighted by atomic mass is 9.33. The van der Waals surface area contributed by atoms with Crippen molar-refractivity contribution < 1.29 is 0 Å². The van der Waals surface area contributed by atoms with Gasteiger partial charge in [-0.2, -0.15) is 0 Å². The van der Waals surface area contributed by atoms with Crippen molar-refractivity contribution in [3.8, 4) is 0 Å². The highest BCUT2D eigenvalue weighted by Gasteiger charge is 2.58. The summed E-state index contributed by atoms with van der Waals surface area (Å²) in [5.74, 6) is 0. The van der Waals surface area contributed by atoms with Crippen molar-refractivity contribution in [1.29, 1.82) is 0 Å². The molecule has 0 saturated heterocycles. The average molecular weight is 620 g/mol. The second-order valence-electron chi connectivity index (χ2n) is 14.5. The van der Waals surface area contributed by atoms with Gasteiger partial charge in [0.1, 0.15) is 0 Å². The molecule has 4 heteroatoms. The van der Waals surface area contributed by atoms with E-state index in [0.29, 0.717) is 0 Å². The molecule has 3 heterocycles. The van der Waals surface area contributed by atoms with E-state index in [2.05, 4.69) is 174 Å². The van der Waals surface area contributed by atoms with Crippen LogP contribution < -0.4 is 31.1 Å². The molecule has 0 spiro atoms. The monoisotopic (exact) mass is 619 g/mol. The molecule has 2 unspecified atom stereocenters. The number of hydrogen-bond donors (Lipinski definition) is 0. The molecule has 0 amide bonds. The zero-order chi connectivity index (χ0) is 32.0. The second-order valence-corrected chi connectivity index (χ2v) is 14.5. The van der Waals surface area contributed by atoms with Gasteiger partial charge in [0.2, 0.25) is 0 Å². The average Bonchev–Trinajstić information content (AvgIpc) is 3.34. The number of benzene rings is 6. The molecular weight excluding hydrogens is 581 g/mol. The van der Waals surface area contributed by atoms with Crippen LogP contribution in [0.4, 0.5) is 45.5 Å². The second kappa shape index (κ2) is 10.1. The van der Waals surface area contributed by atoms with Crippen LogP contribution in [-0.2, 0) is 5.41 Å². The summed E-state index contributed by atoms with van der Waals surface area (Å²) in [4.78, 5) is 7.75. The molecule has 48 heavy (non-hydrogen) atoms. The van der Waals surface area contributed by atoms with Gasteiger partial charge in [0.05, 0.1) is 5.54 Å². The summed E-state index contributed by atoms with van der Waals surface area (Å²) in [5, 5.41) is 0. The number of nitrogens with zero attached hydrogens (tertiary/aromatic N) is 3. The van der Waals surface area contributed by atoms with Crippen LogP contribution >= 0.6 is 0 Å². The predicted octanol–water partition coefficient (Wildman–Crippen LogP) is 9.51. The van der Waals surface area contributed by atoms with Crippen molar-refractivity contribution in [2.75, 3.05) is 14.7 Å². The Hall–Kier alpha value is -5.22. The third-order valence-corrected chi connectivity index (χ3v) is 12.2. The van der Waals surface area contributed by atoms with Gasteiger partial charge < -0.3 is 14.7 Å². The lowest BCUT2D eigenvalue weighted by Crippen LogP contribution is -2.61. The maximum absolute atomic E-state index is 2.72. The van der Waals surface area contributed by atoms with Crippen LogP contribution in [0.15, 0.2) is 146 Å². The predicted molar refractivity (Wildman–Crippen MR) is 203 cm³/mol.